The van der Waals surface area contributed by atoms with E-state index in [0.717, 1.165) is 17.7 Å². The third-order valence-corrected chi connectivity index (χ3v) is 6.93. The van der Waals surface area contributed by atoms with E-state index in [0.29, 0.717) is 11.4 Å². The Balaban J connectivity index is 1.76. The van der Waals surface area contributed by atoms with Crippen LogP contribution in [-0.2, 0) is 26.0 Å². The van der Waals surface area contributed by atoms with Gasteiger partial charge in [0.15, 0.2) is 4.90 Å². The fraction of sp³-hybridized carbons (Fsp3) is 0.200. The number of sulfonamides is 1. The van der Waals surface area contributed by atoms with E-state index < -0.39 is 49.9 Å². The minimum atomic E-state index is -4.37. The number of rotatable bonds is 11. The van der Waals surface area contributed by atoms with E-state index in [4.69, 9.17) is 4.74 Å². The fourth-order valence-corrected chi connectivity index (χ4v) is 4.69. The van der Waals surface area contributed by atoms with Gasteiger partial charge in [-0.1, -0.05) is 42.5 Å². The number of nitro benzene ring substituents is 1. The highest BCUT2D eigenvalue weighted by atomic mass is 32.2. The molecule has 12 heteroatoms. The molecule has 0 aromatic heterocycles. The molecule has 0 heterocycles. The number of nitro groups is 1. The van der Waals surface area contributed by atoms with Crippen LogP contribution in [0.2, 0.25) is 0 Å². The first kappa shape index (κ1) is 27.3. The molecule has 0 bridgehead atoms. The largest absolute Gasteiger partial charge is 0.497 e. The zero-order chi connectivity index (χ0) is 27.0. The van der Waals surface area contributed by atoms with Gasteiger partial charge in [-0.25, -0.2) is 13.1 Å². The molecule has 194 valence electrons. The van der Waals surface area contributed by atoms with Gasteiger partial charge in [-0.15, -0.1) is 0 Å². The molecule has 0 spiro atoms. The normalized spacial score (nSPS) is 11.8. The lowest BCUT2D eigenvalue weighted by Crippen LogP contribution is -2.51. The number of hydrogen-bond acceptors (Lipinski definition) is 7. The van der Waals surface area contributed by atoms with Gasteiger partial charge < -0.3 is 15.0 Å². The molecule has 2 N–H and O–H groups in total. The van der Waals surface area contributed by atoms with E-state index in [-0.39, 0.29) is 6.42 Å². The van der Waals surface area contributed by atoms with Gasteiger partial charge >= 0.3 is 0 Å². The Morgan fingerprint density at radius 1 is 1.00 bits per heavy atom. The summed E-state index contributed by atoms with van der Waals surface area (Å²) in [6, 6.07) is 19.6. The summed E-state index contributed by atoms with van der Waals surface area (Å²) in [7, 11) is -1.28. The number of amides is 2. The first-order valence-electron chi connectivity index (χ1n) is 11.1. The molecule has 0 aliphatic rings. The van der Waals surface area contributed by atoms with Crippen LogP contribution in [0.15, 0.2) is 83.8 Å². The number of hydrogen-bond donors (Lipinski definition) is 2. The lowest BCUT2D eigenvalue weighted by molar-refractivity contribution is -0.387. The highest BCUT2D eigenvalue weighted by Gasteiger charge is 2.28. The van der Waals surface area contributed by atoms with Crippen molar-refractivity contribution in [2.24, 2.45) is 0 Å². The predicted octanol–water partition coefficient (Wildman–Crippen LogP) is 2.27. The summed E-state index contributed by atoms with van der Waals surface area (Å²) in [6.07, 6.45) is 0.156. The van der Waals surface area contributed by atoms with Crippen molar-refractivity contribution in [1.82, 2.24) is 10.0 Å². The number of methoxy groups -OCH3 is 1. The van der Waals surface area contributed by atoms with Crippen molar-refractivity contribution in [2.75, 3.05) is 25.6 Å². The number of anilines is 1. The average molecular weight is 527 g/mol. The number of nitrogens with zero attached hydrogens (tertiary/aromatic N) is 2. The maximum absolute atomic E-state index is 13.3. The van der Waals surface area contributed by atoms with Crippen molar-refractivity contribution in [2.45, 2.75) is 17.4 Å². The molecule has 3 aromatic carbocycles. The van der Waals surface area contributed by atoms with E-state index in [2.05, 4.69) is 10.0 Å². The molecule has 2 amide bonds. The molecule has 3 aromatic rings. The lowest BCUT2D eigenvalue weighted by atomic mass is 10.0. The molecule has 1 unspecified atom stereocenters. The van der Waals surface area contributed by atoms with Gasteiger partial charge in [-0.2, -0.15) is 0 Å². The standard InChI is InChI=1S/C25H26N4O7S/c1-28(19-12-14-20(36-2)15-13-19)25(31)21(16-18-8-4-3-5-9-18)27-24(30)17-26-37(34,35)23-11-7-6-10-22(23)29(32)33/h3-15,21,26H,16-17H2,1-2H3,(H,27,30). The third-order valence-electron chi connectivity index (χ3n) is 5.48. The van der Waals surface area contributed by atoms with E-state index in [9.17, 15) is 28.1 Å². The SMILES string of the molecule is COc1ccc(N(C)C(=O)C(Cc2ccccc2)NC(=O)CNS(=O)(=O)c2ccccc2[N+](=O)[O-])cc1. The minimum Gasteiger partial charge on any atom is -0.497 e. The Hall–Kier alpha value is -4.29. The molecule has 0 radical (unpaired) electrons. The van der Waals surface area contributed by atoms with Crippen LogP contribution in [-0.4, -0.2) is 51.9 Å². The van der Waals surface area contributed by atoms with Gasteiger partial charge in [0.05, 0.1) is 18.6 Å². The second-order valence-corrected chi connectivity index (χ2v) is 9.69. The summed E-state index contributed by atoms with van der Waals surface area (Å²) in [5.74, 6) is -0.590. The fourth-order valence-electron chi connectivity index (χ4n) is 3.54. The number of nitrogens with one attached hydrogen (secondary N) is 2. The first-order valence-corrected chi connectivity index (χ1v) is 12.6. The maximum atomic E-state index is 13.3. The Kier molecular flexibility index (Phi) is 8.93. The monoisotopic (exact) mass is 526 g/mol. The van der Waals surface area contributed by atoms with Gasteiger partial charge in [0.1, 0.15) is 11.8 Å². The van der Waals surface area contributed by atoms with E-state index in [1.54, 1.807) is 55.6 Å². The van der Waals surface area contributed by atoms with Crippen LogP contribution in [0.4, 0.5) is 11.4 Å². The topological polar surface area (TPSA) is 148 Å². The molecular weight excluding hydrogens is 500 g/mol. The van der Waals surface area contributed by atoms with Crippen molar-refractivity contribution in [3.8, 4) is 5.75 Å². The number of benzene rings is 3. The van der Waals surface area contributed by atoms with Gasteiger partial charge in [0, 0.05) is 25.2 Å². The van der Waals surface area contributed by atoms with Crippen LogP contribution in [0, 0.1) is 10.1 Å². The second-order valence-electron chi connectivity index (χ2n) is 7.95. The van der Waals surface area contributed by atoms with Crippen LogP contribution in [0.3, 0.4) is 0 Å². The second kappa shape index (κ2) is 12.1. The summed E-state index contributed by atoms with van der Waals surface area (Å²) in [5.41, 5.74) is 0.730. The highest BCUT2D eigenvalue weighted by molar-refractivity contribution is 7.89. The minimum absolute atomic E-state index is 0.156. The summed E-state index contributed by atoms with van der Waals surface area (Å²) in [6.45, 7) is -0.723. The van der Waals surface area contributed by atoms with Gasteiger partial charge in [-0.05, 0) is 35.9 Å². The first-order chi connectivity index (χ1) is 17.6. The van der Waals surface area contributed by atoms with E-state index in [1.165, 1.54) is 24.1 Å². The number of ether oxygens (including phenoxy) is 1. The van der Waals surface area contributed by atoms with Gasteiger partial charge in [0.25, 0.3) is 5.69 Å². The van der Waals surface area contributed by atoms with Gasteiger partial charge in [0.2, 0.25) is 21.8 Å². The van der Waals surface area contributed by atoms with Crippen molar-refractivity contribution >= 4 is 33.2 Å². The Morgan fingerprint density at radius 3 is 2.24 bits per heavy atom. The van der Waals surface area contributed by atoms with Crippen LogP contribution >= 0.6 is 0 Å². The number of carbonyl (C=O) groups excluding carboxylic acids is 2. The van der Waals surface area contributed by atoms with Crippen LogP contribution in [0.25, 0.3) is 0 Å². The average Bonchev–Trinajstić information content (AvgIpc) is 2.91. The smallest absolute Gasteiger partial charge is 0.289 e. The highest BCUT2D eigenvalue weighted by Crippen LogP contribution is 2.22. The van der Waals surface area contributed by atoms with Crippen molar-refractivity contribution in [1.29, 1.82) is 0 Å². The summed E-state index contributed by atoms with van der Waals surface area (Å²) >= 11 is 0. The number of carbonyl (C=O) groups is 2. The number of likely N-dealkylation sites (N-methyl/N-ethyl adjacent to an activating group) is 1. The van der Waals surface area contributed by atoms with Crippen LogP contribution in [0.5, 0.6) is 5.75 Å². The van der Waals surface area contributed by atoms with E-state index in [1.807, 2.05) is 6.07 Å². The molecule has 11 nitrogen and oxygen atoms in total. The molecule has 0 aliphatic carbocycles. The Morgan fingerprint density at radius 2 is 1.62 bits per heavy atom. The predicted molar refractivity (Wildman–Crippen MR) is 137 cm³/mol. The summed E-state index contributed by atoms with van der Waals surface area (Å²) < 4.78 is 32.5. The Bertz CT molecular complexity index is 1360. The zero-order valence-corrected chi connectivity index (χ0v) is 21.0. The van der Waals surface area contributed by atoms with Gasteiger partial charge in [-0.3, -0.25) is 19.7 Å². The third kappa shape index (κ3) is 7.12. The summed E-state index contributed by atoms with van der Waals surface area (Å²) in [5, 5.41) is 13.8. The van der Waals surface area contributed by atoms with Crippen molar-refractivity contribution in [3.05, 3.63) is 94.5 Å². The Labute approximate surface area is 214 Å². The number of para-hydroxylation sites is 1. The molecule has 1 atom stereocenters. The van der Waals surface area contributed by atoms with E-state index >= 15 is 0 Å². The molecule has 3 rings (SSSR count). The molecular formula is C25H26N4O7S. The van der Waals surface area contributed by atoms with Crippen molar-refractivity contribution < 1.29 is 27.7 Å². The molecule has 0 fully saturated rings. The van der Waals surface area contributed by atoms with Crippen LogP contribution in [0.1, 0.15) is 5.56 Å². The zero-order valence-electron chi connectivity index (χ0n) is 20.2. The molecule has 0 saturated heterocycles. The lowest BCUT2D eigenvalue weighted by Gasteiger charge is -2.25. The molecule has 0 aliphatic heterocycles. The summed E-state index contributed by atoms with van der Waals surface area (Å²) in [4.78, 5) is 37.3. The van der Waals surface area contributed by atoms with Crippen molar-refractivity contribution in [3.63, 3.8) is 0 Å². The quantitative estimate of drug-likeness (QED) is 0.288. The van der Waals surface area contributed by atoms with Crippen LogP contribution < -0.4 is 19.7 Å². The molecule has 37 heavy (non-hydrogen) atoms. The maximum Gasteiger partial charge on any atom is 0.289 e. The molecule has 0 saturated carbocycles.